The Morgan fingerprint density at radius 2 is 1.82 bits per heavy atom. The summed E-state index contributed by atoms with van der Waals surface area (Å²) in [6, 6.07) is 6.39. The van der Waals surface area contributed by atoms with Crippen LogP contribution in [0, 0.1) is 5.92 Å². The zero-order chi connectivity index (χ0) is 23.6. The minimum atomic E-state index is -3.19. The molecule has 3 heterocycles. The highest BCUT2D eigenvalue weighted by atomic mass is 32.2. The Hall–Kier alpha value is -2.32. The molecule has 0 spiro atoms. The average Bonchev–Trinajstić information content (AvgIpc) is 2.81. The van der Waals surface area contributed by atoms with E-state index in [1.165, 1.54) is 21.7 Å². The van der Waals surface area contributed by atoms with E-state index in [-0.39, 0.29) is 11.7 Å². The first-order valence-electron chi connectivity index (χ1n) is 11.9. The van der Waals surface area contributed by atoms with E-state index in [9.17, 15) is 13.2 Å². The number of aromatic nitrogens is 2. The van der Waals surface area contributed by atoms with Crippen LogP contribution in [0.3, 0.4) is 0 Å². The first-order valence-corrected chi connectivity index (χ1v) is 13.7. The minimum Gasteiger partial charge on any atom is -0.341 e. The Kier molecular flexibility index (Phi) is 7.14. The number of nitrogens with zero attached hydrogens (tertiary/aromatic N) is 4. The molecule has 0 amide bonds. The van der Waals surface area contributed by atoms with Gasteiger partial charge in [-0.3, -0.25) is 0 Å². The maximum absolute atomic E-state index is 12.2. The van der Waals surface area contributed by atoms with Crippen molar-refractivity contribution in [3.63, 3.8) is 0 Å². The van der Waals surface area contributed by atoms with E-state index < -0.39 is 10.0 Å². The first kappa shape index (κ1) is 23.8. The molecule has 178 valence electrons. The molecule has 4 rings (SSSR count). The number of ketones is 1. The lowest BCUT2D eigenvalue weighted by molar-refractivity contribution is -0.117. The van der Waals surface area contributed by atoms with Gasteiger partial charge in [0.25, 0.3) is 0 Å². The van der Waals surface area contributed by atoms with Crippen molar-refractivity contribution in [2.75, 3.05) is 30.8 Å². The van der Waals surface area contributed by atoms with Crippen molar-refractivity contribution in [2.45, 2.75) is 58.4 Å². The van der Waals surface area contributed by atoms with Gasteiger partial charge in [0.1, 0.15) is 5.78 Å². The third-order valence-electron chi connectivity index (χ3n) is 7.10. The van der Waals surface area contributed by atoms with Gasteiger partial charge in [0.2, 0.25) is 16.0 Å². The molecule has 7 nitrogen and oxygen atoms in total. The number of hydrogen-bond donors (Lipinski definition) is 0. The number of hydrogen-bond acceptors (Lipinski definition) is 6. The largest absolute Gasteiger partial charge is 0.341 e. The van der Waals surface area contributed by atoms with Crippen molar-refractivity contribution < 1.29 is 13.2 Å². The molecule has 1 aromatic heterocycles. The minimum absolute atomic E-state index is 0.186. The van der Waals surface area contributed by atoms with Crippen molar-refractivity contribution in [2.24, 2.45) is 5.92 Å². The van der Waals surface area contributed by atoms with E-state index in [1.54, 1.807) is 6.92 Å². The average molecular weight is 471 g/mol. The van der Waals surface area contributed by atoms with Crippen LogP contribution >= 0.6 is 0 Å². The van der Waals surface area contributed by atoms with Gasteiger partial charge in [-0.25, -0.2) is 18.4 Å². The fraction of sp³-hybridized carbons (Fsp3) is 0.560. The molecule has 0 N–H and O–H groups in total. The van der Waals surface area contributed by atoms with E-state index >= 15 is 0 Å². The summed E-state index contributed by atoms with van der Waals surface area (Å²) in [5, 5.41) is 0. The van der Waals surface area contributed by atoms with Gasteiger partial charge in [0.15, 0.2) is 0 Å². The molecule has 1 aromatic carbocycles. The summed E-state index contributed by atoms with van der Waals surface area (Å²) >= 11 is 0. The number of piperidine rings is 1. The monoisotopic (exact) mass is 470 g/mol. The summed E-state index contributed by atoms with van der Waals surface area (Å²) < 4.78 is 25.4. The van der Waals surface area contributed by atoms with Crippen LogP contribution in [-0.2, 0) is 34.2 Å². The third-order valence-corrected chi connectivity index (χ3v) is 8.35. The van der Waals surface area contributed by atoms with Crippen molar-refractivity contribution >= 4 is 21.8 Å². The van der Waals surface area contributed by atoms with Crippen LogP contribution in [0.4, 0.5) is 5.95 Å². The standard InChI is InChI=1S/C25H34N4O3S/c1-4-19-15-26-25(27-16-19)28-10-7-20(8-11-28)24(13-18(2)30)22-5-6-23-17-29(33(3,31)32)12-9-21(23)14-22/h5-6,14-16,20,24H,4,7-13,17H2,1-3H3. The lowest BCUT2D eigenvalue weighted by Gasteiger charge is -2.36. The predicted molar refractivity (Wildman–Crippen MR) is 130 cm³/mol. The van der Waals surface area contributed by atoms with E-state index in [0.717, 1.165) is 49.4 Å². The summed E-state index contributed by atoms with van der Waals surface area (Å²) in [5.74, 6) is 1.61. The molecule has 1 atom stereocenters. The molecule has 0 radical (unpaired) electrons. The summed E-state index contributed by atoms with van der Waals surface area (Å²) in [6.45, 7) is 6.50. The van der Waals surface area contributed by atoms with Gasteiger partial charge in [-0.1, -0.05) is 25.1 Å². The van der Waals surface area contributed by atoms with Gasteiger partial charge in [-0.05, 0) is 66.7 Å². The number of benzene rings is 1. The van der Waals surface area contributed by atoms with Crippen molar-refractivity contribution in [3.8, 4) is 0 Å². The second-order valence-electron chi connectivity index (χ2n) is 9.46. The van der Waals surface area contributed by atoms with E-state index in [2.05, 4.69) is 40.0 Å². The Labute approximate surface area is 197 Å². The number of aryl methyl sites for hydroxylation is 1. The SMILES string of the molecule is CCc1cnc(N2CCC(C(CC(C)=O)c3ccc4c(c3)CCN(S(C)(=O)=O)C4)CC2)nc1. The van der Waals surface area contributed by atoms with Crippen LogP contribution in [-0.4, -0.2) is 54.4 Å². The van der Waals surface area contributed by atoms with Crippen LogP contribution in [0.25, 0.3) is 0 Å². The van der Waals surface area contributed by atoms with E-state index in [1.807, 2.05) is 12.4 Å². The van der Waals surface area contributed by atoms with Crippen molar-refractivity contribution in [1.29, 1.82) is 0 Å². The fourth-order valence-electron chi connectivity index (χ4n) is 5.12. The van der Waals surface area contributed by atoms with Gasteiger partial charge in [-0.2, -0.15) is 4.31 Å². The molecular weight excluding hydrogens is 436 g/mol. The Balaban J connectivity index is 1.48. The van der Waals surface area contributed by atoms with Gasteiger partial charge < -0.3 is 9.69 Å². The number of fused-ring (bicyclic) bond motifs is 1. The van der Waals surface area contributed by atoms with E-state index in [0.29, 0.717) is 31.8 Å². The van der Waals surface area contributed by atoms with Crippen LogP contribution < -0.4 is 4.90 Å². The van der Waals surface area contributed by atoms with Crippen LogP contribution in [0.5, 0.6) is 0 Å². The van der Waals surface area contributed by atoms with Crippen molar-refractivity contribution in [1.82, 2.24) is 14.3 Å². The molecule has 0 aliphatic carbocycles. The third kappa shape index (κ3) is 5.61. The van der Waals surface area contributed by atoms with Crippen LogP contribution in [0.15, 0.2) is 30.6 Å². The zero-order valence-electron chi connectivity index (χ0n) is 19.8. The topological polar surface area (TPSA) is 83.5 Å². The second-order valence-corrected chi connectivity index (χ2v) is 11.4. The molecular formula is C25H34N4O3S. The number of sulfonamides is 1. The highest BCUT2D eigenvalue weighted by Crippen LogP contribution is 2.37. The first-order chi connectivity index (χ1) is 15.7. The Morgan fingerprint density at radius 3 is 2.42 bits per heavy atom. The maximum Gasteiger partial charge on any atom is 0.225 e. The normalized spacial score (nSPS) is 18.7. The molecule has 0 bridgehead atoms. The highest BCUT2D eigenvalue weighted by Gasteiger charge is 2.31. The number of Topliss-reactive ketones (excluding diaryl/α,β-unsaturated/α-hetero) is 1. The highest BCUT2D eigenvalue weighted by molar-refractivity contribution is 7.88. The Bertz CT molecular complexity index is 1090. The molecule has 8 heteroatoms. The van der Waals surface area contributed by atoms with Gasteiger partial charge in [0.05, 0.1) is 6.26 Å². The molecule has 1 fully saturated rings. The van der Waals surface area contributed by atoms with Crippen LogP contribution in [0.2, 0.25) is 0 Å². The smallest absolute Gasteiger partial charge is 0.225 e. The summed E-state index contributed by atoms with van der Waals surface area (Å²) in [6.07, 6.45) is 9.27. The number of carbonyl (C=O) groups is 1. The molecule has 2 aliphatic heterocycles. The lowest BCUT2D eigenvalue weighted by atomic mass is 9.76. The van der Waals surface area contributed by atoms with Crippen molar-refractivity contribution in [3.05, 3.63) is 52.8 Å². The van der Waals surface area contributed by atoms with Crippen LogP contribution in [0.1, 0.15) is 61.3 Å². The lowest BCUT2D eigenvalue weighted by Crippen LogP contribution is -2.37. The molecule has 0 saturated carbocycles. The number of rotatable bonds is 7. The molecule has 1 unspecified atom stereocenters. The summed E-state index contributed by atoms with van der Waals surface area (Å²) in [7, 11) is -3.19. The maximum atomic E-state index is 12.2. The fourth-order valence-corrected chi connectivity index (χ4v) is 5.92. The summed E-state index contributed by atoms with van der Waals surface area (Å²) in [4.78, 5) is 23.5. The zero-order valence-corrected chi connectivity index (χ0v) is 20.6. The quantitative estimate of drug-likeness (QED) is 0.617. The summed E-state index contributed by atoms with van der Waals surface area (Å²) in [5.41, 5.74) is 4.63. The molecule has 2 aliphatic rings. The number of anilines is 1. The molecule has 1 saturated heterocycles. The predicted octanol–water partition coefficient (Wildman–Crippen LogP) is 3.34. The van der Waals surface area contributed by atoms with E-state index in [4.69, 9.17) is 0 Å². The number of carbonyl (C=O) groups excluding carboxylic acids is 1. The Morgan fingerprint density at radius 1 is 1.12 bits per heavy atom. The molecule has 2 aromatic rings. The molecule has 33 heavy (non-hydrogen) atoms. The van der Waals surface area contributed by atoms with Gasteiger partial charge in [0, 0.05) is 45.0 Å². The second kappa shape index (κ2) is 9.89. The van der Waals surface area contributed by atoms with Gasteiger partial charge >= 0.3 is 0 Å². The van der Waals surface area contributed by atoms with Gasteiger partial charge in [-0.15, -0.1) is 0 Å².